The molecule has 106 valence electrons. The molecule has 0 spiro atoms. The van der Waals surface area contributed by atoms with Gasteiger partial charge in [0.1, 0.15) is 5.75 Å². The van der Waals surface area contributed by atoms with Crippen molar-refractivity contribution in [3.63, 3.8) is 0 Å². The third-order valence-electron chi connectivity index (χ3n) is 1.96. The minimum Gasteiger partial charge on any atom is -0.543 e. The van der Waals surface area contributed by atoms with Gasteiger partial charge in [-0.25, -0.2) is 8.42 Å². The summed E-state index contributed by atoms with van der Waals surface area (Å²) < 4.78 is 28.4. The van der Waals surface area contributed by atoms with Crippen LogP contribution in [0.4, 0.5) is 5.69 Å². The number of anilines is 1. The number of carbonyl (C=O) groups excluding carboxylic acids is 1. The van der Waals surface area contributed by atoms with E-state index in [0.717, 1.165) is 0 Å². The average molecular weight is 322 g/mol. The van der Waals surface area contributed by atoms with Gasteiger partial charge in [0, 0.05) is 17.6 Å². The lowest BCUT2D eigenvalue weighted by molar-refractivity contribution is -0.114. The first-order chi connectivity index (χ1) is 8.49. The molecule has 1 aromatic rings. The monoisotopic (exact) mass is 321 g/mol. The summed E-state index contributed by atoms with van der Waals surface area (Å²) >= 11 is 0. The SMILES string of the molecule is CC(=O)Nc1cc(S(=O)(=O)Cl)ccc1O[Si](C)(C)C. The Hall–Kier alpha value is -1.05. The van der Waals surface area contributed by atoms with Crippen LogP contribution in [0.5, 0.6) is 5.75 Å². The zero-order chi connectivity index (χ0) is 14.8. The first-order valence-electron chi connectivity index (χ1n) is 5.54. The standard InChI is InChI=1S/C11H16ClNO4SSi/c1-8(14)13-10-7-9(18(12,15)16)5-6-11(10)17-19(2,3)4/h5-7H,1-4H3,(H,13,14). The molecule has 8 heteroatoms. The molecule has 1 aromatic carbocycles. The molecule has 0 saturated carbocycles. The Labute approximate surface area is 118 Å². The highest BCUT2D eigenvalue weighted by Gasteiger charge is 2.20. The topological polar surface area (TPSA) is 72.5 Å². The predicted molar refractivity (Wildman–Crippen MR) is 77.8 cm³/mol. The second kappa shape index (κ2) is 5.52. The lowest BCUT2D eigenvalue weighted by Crippen LogP contribution is -2.29. The van der Waals surface area contributed by atoms with Gasteiger partial charge in [-0.3, -0.25) is 4.79 Å². The summed E-state index contributed by atoms with van der Waals surface area (Å²) in [4.78, 5) is 11.1. The number of hydrogen-bond acceptors (Lipinski definition) is 4. The van der Waals surface area contributed by atoms with E-state index in [-0.39, 0.29) is 10.8 Å². The zero-order valence-electron chi connectivity index (χ0n) is 11.2. The first-order valence-corrected chi connectivity index (χ1v) is 11.3. The second-order valence-corrected chi connectivity index (χ2v) is 12.0. The van der Waals surface area contributed by atoms with E-state index in [9.17, 15) is 13.2 Å². The molecule has 0 radical (unpaired) electrons. The van der Waals surface area contributed by atoms with Crippen molar-refractivity contribution >= 4 is 39.6 Å². The molecule has 0 aliphatic heterocycles. The van der Waals surface area contributed by atoms with Crippen LogP contribution in [-0.4, -0.2) is 22.6 Å². The Morgan fingerprint density at radius 2 is 1.89 bits per heavy atom. The molecule has 1 amide bonds. The van der Waals surface area contributed by atoms with Crippen molar-refractivity contribution in [2.45, 2.75) is 31.5 Å². The van der Waals surface area contributed by atoms with Gasteiger partial charge in [-0.15, -0.1) is 0 Å². The Kier molecular flexibility index (Phi) is 4.65. The van der Waals surface area contributed by atoms with E-state index in [1.165, 1.54) is 25.1 Å². The molecule has 0 bridgehead atoms. The fourth-order valence-corrected chi connectivity index (χ4v) is 2.98. The molecule has 1 rings (SSSR count). The molecule has 0 aliphatic carbocycles. The molecule has 0 unspecified atom stereocenters. The van der Waals surface area contributed by atoms with Crippen LogP contribution >= 0.6 is 10.7 Å². The van der Waals surface area contributed by atoms with E-state index in [1.54, 1.807) is 0 Å². The number of amides is 1. The smallest absolute Gasteiger partial charge is 0.261 e. The highest BCUT2D eigenvalue weighted by molar-refractivity contribution is 8.13. The lowest BCUT2D eigenvalue weighted by atomic mass is 10.3. The summed E-state index contributed by atoms with van der Waals surface area (Å²) in [6, 6.07) is 4.14. The van der Waals surface area contributed by atoms with Crippen LogP contribution in [0.25, 0.3) is 0 Å². The van der Waals surface area contributed by atoms with Crippen LogP contribution in [0.3, 0.4) is 0 Å². The quantitative estimate of drug-likeness (QED) is 0.683. The molecule has 0 aromatic heterocycles. The van der Waals surface area contributed by atoms with Crippen molar-refractivity contribution < 1.29 is 17.6 Å². The molecule has 19 heavy (non-hydrogen) atoms. The van der Waals surface area contributed by atoms with Crippen LogP contribution in [0, 0.1) is 0 Å². The normalized spacial score (nSPS) is 12.1. The maximum Gasteiger partial charge on any atom is 0.261 e. The molecule has 5 nitrogen and oxygen atoms in total. The third-order valence-corrected chi connectivity index (χ3v) is 4.14. The minimum atomic E-state index is -3.84. The molecular formula is C11H16ClNO4SSi. The van der Waals surface area contributed by atoms with Crippen LogP contribution in [0.15, 0.2) is 23.1 Å². The largest absolute Gasteiger partial charge is 0.543 e. The second-order valence-electron chi connectivity index (χ2n) is 4.99. The summed E-state index contributed by atoms with van der Waals surface area (Å²) in [5, 5.41) is 2.54. The van der Waals surface area contributed by atoms with Gasteiger partial charge >= 0.3 is 0 Å². The lowest BCUT2D eigenvalue weighted by Gasteiger charge is -2.22. The zero-order valence-corrected chi connectivity index (χ0v) is 13.7. The third kappa shape index (κ3) is 5.21. The first kappa shape index (κ1) is 16.0. The molecular weight excluding hydrogens is 306 g/mol. The molecule has 0 fully saturated rings. The summed E-state index contributed by atoms with van der Waals surface area (Å²) in [6.07, 6.45) is 0. The Bertz CT molecular complexity index is 595. The van der Waals surface area contributed by atoms with E-state index < -0.39 is 17.4 Å². The van der Waals surface area contributed by atoms with Gasteiger partial charge in [-0.1, -0.05) is 0 Å². The summed E-state index contributed by atoms with van der Waals surface area (Å²) in [7, 11) is -0.442. The van der Waals surface area contributed by atoms with Crippen molar-refractivity contribution in [2.24, 2.45) is 0 Å². The number of benzene rings is 1. The van der Waals surface area contributed by atoms with Crippen molar-refractivity contribution in [2.75, 3.05) is 5.32 Å². The summed E-state index contributed by atoms with van der Waals surface area (Å²) in [5.41, 5.74) is 0.302. The number of carbonyl (C=O) groups is 1. The van der Waals surface area contributed by atoms with E-state index in [2.05, 4.69) is 5.32 Å². The number of nitrogens with one attached hydrogen (secondary N) is 1. The van der Waals surface area contributed by atoms with Crippen LogP contribution < -0.4 is 9.74 Å². The van der Waals surface area contributed by atoms with E-state index in [4.69, 9.17) is 15.1 Å². The van der Waals surface area contributed by atoms with Crippen LogP contribution in [-0.2, 0) is 13.8 Å². The van der Waals surface area contributed by atoms with Gasteiger partial charge in [0.25, 0.3) is 9.05 Å². The molecule has 0 aliphatic rings. The Morgan fingerprint density at radius 3 is 2.32 bits per heavy atom. The van der Waals surface area contributed by atoms with Gasteiger partial charge in [0.2, 0.25) is 14.2 Å². The van der Waals surface area contributed by atoms with Crippen molar-refractivity contribution in [1.29, 1.82) is 0 Å². The predicted octanol–water partition coefficient (Wildman–Crippen LogP) is 2.79. The average Bonchev–Trinajstić information content (AvgIpc) is 2.15. The van der Waals surface area contributed by atoms with E-state index in [1.807, 2.05) is 19.6 Å². The Balaban J connectivity index is 3.28. The van der Waals surface area contributed by atoms with Crippen LogP contribution in [0.2, 0.25) is 19.6 Å². The summed E-state index contributed by atoms with van der Waals surface area (Å²) in [6.45, 7) is 7.28. The highest BCUT2D eigenvalue weighted by atomic mass is 35.7. The van der Waals surface area contributed by atoms with Gasteiger partial charge < -0.3 is 9.74 Å². The number of rotatable bonds is 4. The van der Waals surface area contributed by atoms with E-state index >= 15 is 0 Å². The highest BCUT2D eigenvalue weighted by Crippen LogP contribution is 2.31. The number of halogens is 1. The maximum absolute atomic E-state index is 11.3. The van der Waals surface area contributed by atoms with Gasteiger partial charge in [0.15, 0.2) is 0 Å². The van der Waals surface area contributed by atoms with Crippen molar-refractivity contribution in [1.82, 2.24) is 0 Å². The van der Waals surface area contributed by atoms with Crippen molar-refractivity contribution in [3.8, 4) is 5.75 Å². The van der Waals surface area contributed by atoms with Crippen molar-refractivity contribution in [3.05, 3.63) is 18.2 Å². The molecule has 1 N–H and O–H groups in total. The van der Waals surface area contributed by atoms with Crippen LogP contribution in [0.1, 0.15) is 6.92 Å². The molecule has 0 heterocycles. The van der Waals surface area contributed by atoms with Gasteiger partial charge in [-0.2, -0.15) is 0 Å². The Morgan fingerprint density at radius 1 is 1.32 bits per heavy atom. The molecule has 0 atom stereocenters. The maximum atomic E-state index is 11.3. The fourth-order valence-electron chi connectivity index (χ4n) is 1.37. The minimum absolute atomic E-state index is 0.0826. The van der Waals surface area contributed by atoms with Gasteiger partial charge in [-0.05, 0) is 37.8 Å². The fraction of sp³-hybridized carbons (Fsp3) is 0.364. The summed E-state index contributed by atoms with van der Waals surface area (Å²) in [5.74, 6) is 0.128. The number of hydrogen-bond donors (Lipinski definition) is 1. The van der Waals surface area contributed by atoms with Gasteiger partial charge in [0.05, 0.1) is 10.6 Å². The van der Waals surface area contributed by atoms with E-state index in [0.29, 0.717) is 11.4 Å². The molecule has 0 saturated heterocycles.